The van der Waals surface area contributed by atoms with Gasteiger partial charge in [-0.1, -0.05) is 35.3 Å². The van der Waals surface area contributed by atoms with E-state index in [0.717, 1.165) is 0 Å². The average Bonchev–Trinajstić information content (AvgIpc) is 2.68. The van der Waals surface area contributed by atoms with E-state index < -0.39 is 10.0 Å². The van der Waals surface area contributed by atoms with E-state index in [2.05, 4.69) is 5.32 Å². The lowest BCUT2D eigenvalue weighted by Crippen LogP contribution is -2.41. The molecule has 0 aromatic heterocycles. The van der Waals surface area contributed by atoms with Gasteiger partial charge in [-0.2, -0.15) is 0 Å². The molecule has 0 radical (unpaired) electrons. The standard InChI is InChI=1S/C20H22Cl2N2O4S/c1-28-19-6-5-17(12-18(19)22)23-20(25)15-7-9-24(10-8-15)29(26,27)13-14-3-2-4-16(21)11-14/h2-6,11-12,15H,7-10,13H2,1H3,(H,23,25). The molecule has 1 N–H and O–H groups in total. The van der Waals surface area contributed by atoms with Gasteiger partial charge < -0.3 is 10.1 Å². The third kappa shape index (κ3) is 5.63. The average molecular weight is 457 g/mol. The molecule has 0 bridgehead atoms. The van der Waals surface area contributed by atoms with Crippen molar-refractivity contribution in [2.75, 3.05) is 25.5 Å². The molecule has 1 amide bonds. The van der Waals surface area contributed by atoms with Gasteiger partial charge in [-0.3, -0.25) is 4.79 Å². The molecule has 0 spiro atoms. The predicted octanol–water partition coefficient (Wildman–Crippen LogP) is 4.18. The Morgan fingerprint density at radius 2 is 1.90 bits per heavy atom. The van der Waals surface area contributed by atoms with Crippen molar-refractivity contribution in [3.8, 4) is 5.75 Å². The van der Waals surface area contributed by atoms with E-state index in [1.807, 2.05) is 0 Å². The Morgan fingerprint density at radius 1 is 1.17 bits per heavy atom. The largest absolute Gasteiger partial charge is 0.495 e. The highest BCUT2D eigenvalue weighted by Gasteiger charge is 2.31. The minimum absolute atomic E-state index is 0.102. The van der Waals surface area contributed by atoms with Crippen LogP contribution in [0.2, 0.25) is 10.0 Å². The van der Waals surface area contributed by atoms with Gasteiger partial charge in [0.15, 0.2) is 0 Å². The Balaban J connectivity index is 1.56. The van der Waals surface area contributed by atoms with Gasteiger partial charge in [0.1, 0.15) is 5.75 Å². The van der Waals surface area contributed by atoms with Crippen LogP contribution in [0.3, 0.4) is 0 Å². The number of rotatable bonds is 6. The zero-order valence-electron chi connectivity index (χ0n) is 15.9. The molecule has 2 aromatic rings. The number of hydrogen-bond acceptors (Lipinski definition) is 4. The number of benzene rings is 2. The third-order valence-electron chi connectivity index (χ3n) is 4.88. The van der Waals surface area contributed by atoms with Crippen LogP contribution in [-0.4, -0.2) is 38.8 Å². The summed E-state index contributed by atoms with van der Waals surface area (Å²) in [6, 6.07) is 11.9. The molecule has 9 heteroatoms. The zero-order valence-corrected chi connectivity index (χ0v) is 18.2. The summed E-state index contributed by atoms with van der Waals surface area (Å²) in [7, 11) is -1.94. The van der Waals surface area contributed by atoms with E-state index in [0.29, 0.717) is 53.0 Å². The molecule has 0 saturated carbocycles. The van der Waals surface area contributed by atoms with Crippen LogP contribution in [0.4, 0.5) is 5.69 Å². The van der Waals surface area contributed by atoms with Gasteiger partial charge >= 0.3 is 0 Å². The van der Waals surface area contributed by atoms with Crippen molar-refractivity contribution < 1.29 is 17.9 Å². The molecule has 3 rings (SSSR count). The highest BCUT2D eigenvalue weighted by molar-refractivity contribution is 7.88. The van der Waals surface area contributed by atoms with Crippen LogP contribution >= 0.6 is 23.2 Å². The SMILES string of the molecule is COc1ccc(NC(=O)C2CCN(S(=O)(=O)Cc3cccc(Cl)c3)CC2)cc1Cl. The maximum Gasteiger partial charge on any atom is 0.227 e. The van der Waals surface area contributed by atoms with Crippen molar-refractivity contribution in [2.24, 2.45) is 5.92 Å². The van der Waals surface area contributed by atoms with Gasteiger partial charge in [-0.25, -0.2) is 12.7 Å². The lowest BCUT2D eigenvalue weighted by Gasteiger charge is -2.30. The summed E-state index contributed by atoms with van der Waals surface area (Å²) >= 11 is 12.0. The second kappa shape index (κ2) is 9.34. The molecule has 0 atom stereocenters. The van der Waals surface area contributed by atoms with Gasteiger partial charge in [-0.15, -0.1) is 0 Å². The molecule has 0 unspecified atom stereocenters. The second-order valence-electron chi connectivity index (χ2n) is 6.90. The first kappa shape index (κ1) is 21.9. The topological polar surface area (TPSA) is 75.7 Å². The van der Waals surface area contributed by atoms with Gasteiger partial charge in [0.2, 0.25) is 15.9 Å². The van der Waals surface area contributed by atoms with Gasteiger partial charge in [0, 0.05) is 29.7 Å². The van der Waals surface area contributed by atoms with Gasteiger partial charge in [-0.05, 0) is 48.7 Å². The summed E-state index contributed by atoms with van der Waals surface area (Å²) in [5.74, 6) is 0.0314. The van der Waals surface area contributed by atoms with Crippen LogP contribution in [0.1, 0.15) is 18.4 Å². The first-order valence-corrected chi connectivity index (χ1v) is 11.5. The Labute approximate surface area is 180 Å². The number of amides is 1. The molecule has 6 nitrogen and oxygen atoms in total. The Kier molecular flexibility index (Phi) is 7.05. The van der Waals surface area contributed by atoms with Crippen LogP contribution < -0.4 is 10.1 Å². The number of ether oxygens (including phenoxy) is 1. The number of sulfonamides is 1. The molecule has 2 aromatic carbocycles. The number of nitrogens with one attached hydrogen (secondary N) is 1. The van der Waals surface area contributed by atoms with E-state index in [9.17, 15) is 13.2 Å². The quantitative estimate of drug-likeness (QED) is 0.706. The smallest absolute Gasteiger partial charge is 0.227 e. The number of hydrogen-bond donors (Lipinski definition) is 1. The highest BCUT2D eigenvalue weighted by Crippen LogP contribution is 2.28. The Morgan fingerprint density at radius 3 is 2.52 bits per heavy atom. The number of halogens is 2. The first-order chi connectivity index (χ1) is 13.8. The maximum atomic E-state index is 12.7. The summed E-state index contributed by atoms with van der Waals surface area (Å²) in [6.07, 6.45) is 0.926. The fraction of sp³-hybridized carbons (Fsp3) is 0.350. The Bertz CT molecular complexity index is 990. The minimum Gasteiger partial charge on any atom is -0.495 e. The molecule has 29 heavy (non-hydrogen) atoms. The van der Waals surface area contributed by atoms with E-state index >= 15 is 0 Å². The van der Waals surface area contributed by atoms with Crippen LogP contribution in [0.5, 0.6) is 5.75 Å². The molecule has 0 aliphatic carbocycles. The third-order valence-corrected chi connectivity index (χ3v) is 7.26. The van der Waals surface area contributed by atoms with Crippen molar-refractivity contribution >= 4 is 44.8 Å². The van der Waals surface area contributed by atoms with Gasteiger partial charge in [0.25, 0.3) is 0 Å². The normalized spacial score (nSPS) is 15.8. The van der Waals surface area contributed by atoms with Crippen molar-refractivity contribution in [1.82, 2.24) is 4.31 Å². The summed E-state index contributed by atoms with van der Waals surface area (Å²) in [4.78, 5) is 12.6. The van der Waals surface area contributed by atoms with E-state index in [1.165, 1.54) is 11.4 Å². The molecule has 1 fully saturated rings. The Hall–Kier alpha value is -1.80. The molecule has 1 saturated heterocycles. The summed E-state index contributed by atoms with van der Waals surface area (Å²) in [5, 5.41) is 3.76. The minimum atomic E-state index is -3.46. The maximum absolute atomic E-state index is 12.7. The lowest BCUT2D eigenvalue weighted by molar-refractivity contribution is -0.120. The highest BCUT2D eigenvalue weighted by atomic mass is 35.5. The molecular formula is C20H22Cl2N2O4S. The summed E-state index contributed by atoms with van der Waals surface area (Å²) < 4.78 is 31.9. The van der Waals surface area contributed by atoms with E-state index in [4.69, 9.17) is 27.9 Å². The first-order valence-electron chi connectivity index (χ1n) is 9.15. The van der Waals surface area contributed by atoms with Crippen molar-refractivity contribution in [2.45, 2.75) is 18.6 Å². The summed E-state index contributed by atoms with van der Waals surface area (Å²) in [5.41, 5.74) is 1.23. The predicted molar refractivity (Wildman–Crippen MR) is 115 cm³/mol. The monoisotopic (exact) mass is 456 g/mol. The zero-order chi connectivity index (χ0) is 21.0. The number of carbonyl (C=O) groups is 1. The van der Waals surface area contributed by atoms with Crippen molar-refractivity contribution in [3.63, 3.8) is 0 Å². The number of nitrogens with zero attached hydrogens (tertiary/aromatic N) is 1. The van der Waals surface area contributed by atoms with E-state index in [-0.39, 0.29) is 17.6 Å². The molecule has 1 aliphatic heterocycles. The fourth-order valence-electron chi connectivity index (χ4n) is 3.31. The van der Waals surface area contributed by atoms with Crippen molar-refractivity contribution in [1.29, 1.82) is 0 Å². The molecule has 1 heterocycles. The second-order valence-corrected chi connectivity index (χ2v) is 9.71. The van der Waals surface area contributed by atoms with Crippen LogP contribution in [0, 0.1) is 5.92 Å². The number of carbonyl (C=O) groups excluding carboxylic acids is 1. The van der Waals surface area contributed by atoms with Gasteiger partial charge in [0.05, 0.1) is 17.9 Å². The number of anilines is 1. The van der Waals surface area contributed by atoms with E-state index in [1.54, 1.807) is 42.5 Å². The molecule has 156 valence electrons. The lowest BCUT2D eigenvalue weighted by atomic mass is 9.97. The van der Waals surface area contributed by atoms with Crippen LogP contribution in [-0.2, 0) is 20.6 Å². The molecular weight excluding hydrogens is 435 g/mol. The summed E-state index contributed by atoms with van der Waals surface area (Å²) in [6.45, 7) is 0.620. The molecule has 1 aliphatic rings. The van der Waals surface area contributed by atoms with Crippen LogP contribution in [0.15, 0.2) is 42.5 Å². The number of methoxy groups -OCH3 is 1. The van der Waals surface area contributed by atoms with Crippen molar-refractivity contribution in [3.05, 3.63) is 58.1 Å². The number of piperidine rings is 1. The van der Waals surface area contributed by atoms with Crippen LogP contribution in [0.25, 0.3) is 0 Å². The fourth-order valence-corrected chi connectivity index (χ4v) is 5.33.